The highest BCUT2D eigenvalue weighted by molar-refractivity contribution is 9.10. The third kappa shape index (κ3) is 3.36. The first-order valence-corrected chi connectivity index (χ1v) is 5.83. The molecular formula is C12H10Br2N2O2. The SMILES string of the molecule is O=[N+]([O-])c1cccc(Br)c1C[n+]1ccccc1.[Br-]. The quantitative estimate of drug-likeness (QED) is 0.421. The summed E-state index contributed by atoms with van der Waals surface area (Å²) in [7, 11) is 0. The Balaban J connectivity index is 0.00000162. The molecule has 0 N–H and O–H groups in total. The largest absolute Gasteiger partial charge is 1.00 e. The van der Waals surface area contributed by atoms with Gasteiger partial charge >= 0.3 is 0 Å². The molecule has 0 atom stereocenters. The van der Waals surface area contributed by atoms with E-state index in [0.29, 0.717) is 12.1 Å². The third-order valence-corrected chi connectivity index (χ3v) is 3.15. The molecule has 0 aliphatic rings. The van der Waals surface area contributed by atoms with E-state index < -0.39 is 0 Å². The lowest BCUT2D eigenvalue weighted by atomic mass is 10.2. The van der Waals surface area contributed by atoms with Crippen molar-refractivity contribution < 1.29 is 26.5 Å². The standard InChI is InChI=1S/C12H10BrN2O2.BrH/c13-11-5-4-6-12(15(16)17)10(11)9-14-7-2-1-3-8-14;/h1-8H,9H2;1H/q+1;/p-1. The molecule has 0 saturated carbocycles. The van der Waals surface area contributed by atoms with Gasteiger partial charge in [0.2, 0.25) is 0 Å². The summed E-state index contributed by atoms with van der Waals surface area (Å²) in [5, 5.41) is 10.9. The van der Waals surface area contributed by atoms with Crippen LogP contribution in [0.15, 0.2) is 53.3 Å². The second-order valence-electron chi connectivity index (χ2n) is 3.54. The molecule has 0 saturated heterocycles. The zero-order valence-electron chi connectivity index (χ0n) is 9.29. The normalized spacial score (nSPS) is 9.61. The number of nitro groups is 1. The Labute approximate surface area is 123 Å². The first kappa shape index (κ1) is 14.8. The molecule has 2 aromatic rings. The van der Waals surface area contributed by atoms with Gasteiger partial charge in [-0.15, -0.1) is 0 Å². The van der Waals surface area contributed by atoms with Crippen LogP contribution in [-0.2, 0) is 6.54 Å². The monoisotopic (exact) mass is 372 g/mol. The fourth-order valence-electron chi connectivity index (χ4n) is 1.60. The van der Waals surface area contributed by atoms with E-state index in [1.54, 1.807) is 6.07 Å². The highest BCUT2D eigenvalue weighted by Crippen LogP contribution is 2.26. The lowest BCUT2D eigenvalue weighted by molar-refractivity contribution is -0.688. The van der Waals surface area contributed by atoms with Crippen LogP contribution in [0.5, 0.6) is 0 Å². The summed E-state index contributed by atoms with van der Waals surface area (Å²) in [5.74, 6) is 0. The number of pyridine rings is 1. The molecular weight excluding hydrogens is 364 g/mol. The molecule has 6 heteroatoms. The number of aromatic nitrogens is 1. The highest BCUT2D eigenvalue weighted by atomic mass is 79.9. The van der Waals surface area contributed by atoms with Gasteiger partial charge in [-0.1, -0.05) is 28.1 Å². The Morgan fingerprint density at radius 3 is 2.44 bits per heavy atom. The van der Waals surface area contributed by atoms with E-state index in [1.807, 2.05) is 41.2 Å². The fourth-order valence-corrected chi connectivity index (χ4v) is 2.08. The maximum atomic E-state index is 10.9. The van der Waals surface area contributed by atoms with Crippen molar-refractivity contribution in [2.75, 3.05) is 0 Å². The topological polar surface area (TPSA) is 47.0 Å². The summed E-state index contributed by atoms with van der Waals surface area (Å²) in [6.45, 7) is 0.471. The van der Waals surface area contributed by atoms with Gasteiger partial charge in [-0.25, -0.2) is 4.57 Å². The maximum absolute atomic E-state index is 10.9. The van der Waals surface area contributed by atoms with Crippen LogP contribution in [0.3, 0.4) is 0 Å². The van der Waals surface area contributed by atoms with Gasteiger partial charge in [0.1, 0.15) is 5.56 Å². The lowest BCUT2D eigenvalue weighted by Gasteiger charge is -2.02. The van der Waals surface area contributed by atoms with Crippen LogP contribution >= 0.6 is 15.9 Å². The number of hydrogen-bond donors (Lipinski definition) is 0. The summed E-state index contributed by atoms with van der Waals surface area (Å²) in [6, 6.07) is 10.7. The summed E-state index contributed by atoms with van der Waals surface area (Å²) in [4.78, 5) is 10.6. The molecule has 2 rings (SSSR count). The van der Waals surface area contributed by atoms with Crippen LogP contribution < -0.4 is 21.5 Å². The molecule has 0 fully saturated rings. The van der Waals surface area contributed by atoms with Crippen molar-refractivity contribution in [3.05, 3.63) is 68.9 Å². The molecule has 4 nitrogen and oxygen atoms in total. The Bertz CT molecular complexity index is 547. The molecule has 0 aliphatic heterocycles. The van der Waals surface area contributed by atoms with Gasteiger partial charge in [0.05, 0.1) is 4.92 Å². The number of halogens is 2. The first-order chi connectivity index (χ1) is 8.18. The van der Waals surface area contributed by atoms with E-state index in [4.69, 9.17) is 0 Å². The Kier molecular flexibility index (Phi) is 5.43. The molecule has 1 aromatic heterocycles. The third-order valence-electron chi connectivity index (χ3n) is 2.41. The Morgan fingerprint density at radius 2 is 1.83 bits per heavy atom. The maximum Gasteiger partial charge on any atom is 0.280 e. The second-order valence-corrected chi connectivity index (χ2v) is 4.40. The van der Waals surface area contributed by atoms with Crippen LogP contribution in [-0.4, -0.2) is 4.92 Å². The predicted octanol–water partition coefficient (Wildman–Crippen LogP) is -0.303. The summed E-state index contributed by atoms with van der Waals surface area (Å²) >= 11 is 3.36. The van der Waals surface area contributed by atoms with Crippen LogP contribution in [0.25, 0.3) is 0 Å². The average molecular weight is 374 g/mol. The minimum atomic E-state index is -0.358. The van der Waals surface area contributed by atoms with Gasteiger partial charge in [0, 0.05) is 22.7 Å². The van der Waals surface area contributed by atoms with E-state index in [-0.39, 0.29) is 27.6 Å². The summed E-state index contributed by atoms with van der Waals surface area (Å²) in [6.07, 6.45) is 3.76. The minimum absolute atomic E-state index is 0. The van der Waals surface area contributed by atoms with Crippen molar-refractivity contribution in [1.82, 2.24) is 0 Å². The molecule has 0 bridgehead atoms. The molecule has 0 spiro atoms. The average Bonchev–Trinajstić information content (AvgIpc) is 2.33. The summed E-state index contributed by atoms with van der Waals surface area (Å²) in [5.41, 5.74) is 0.810. The fraction of sp³-hybridized carbons (Fsp3) is 0.0833. The van der Waals surface area contributed by atoms with Gasteiger partial charge in [0.15, 0.2) is 18.9 Å². The second kappa shape index (κ2) is 6.61. The molecule has 0 amide bonds. The number of nitrogens with zero attached hydrogens (tertiary/aromatic N) is 2. The van der Waals surface area contributed by atoms with Crippen molar-refractivity contribution in [3.63, 3.8) is 0 Å². The minimum Gasteiger partial charge on any atom is -1.00 e. The van der Waals surface area contributed by atoms with Gasteiger partial charge in [0.25, 0.3) is 5.69 Å². The molecule has 0 radical (unpaired) electrons. The van der Waals surface area contributed by atoms with Crippen LogP contribution in [0, 0.1) is 10.1 Å². The van der Waals surface area contributed by atoms with Crippen molar-refractivity contribution >= 4 is 21.6 Å². The first-order valence-electron chi connectivity index (χ1n) is 5.04. The molecule has 0 unspecified atom stereocenters. The molecule has 1 heterocycles. The van der Waals surface area contributed by atoms with Crippen LogP contribution in [0.4, 0.5) is 5.69 Å². The van der Waals surface area contributed by atoms with Crippen molar-refractivity contribution in [2.45, 2.75) is 6.54 Å². The van der Waals surface area contributed by atoms with Gasteiger partial charge in [-0.3, -0.25) is 10.1 Å². The number of rotatable bonds is 3. The molecule has 0 aliphatic carbocycles. The van der Waals surface area contributed by atoms with Crippen molar-refractivity contribution in [3.8, 4) is 0 Å². The van der Waals surface area contributed by atoms with Gasteiger partial charge in [-0.2, -0.15) is 0 Å². The van der Waals surface area contributed by atoms with E-state index in [0.717, 1.165) is 4.47 Å². The lowest BCUT2D eigenvalue weighted by Crippen LogP contribution is -3.00. The number of nitro benzene ring substituents is 1. The Hall–Kier alpha value is -1.27. The highest BCUT2D eigenvalue weighted by Gasteiger charge is 2.19. The van der Waals surface area contributed by atoms with E-state index in [1.165, 1.54) is 6.07 Å². The Morgan fingerprint density at radius 1 is 1.17 bits per heavy atom. The van der Waals surface area contributed by atoms with Gasteiger partial charge in [-0.05, 0) is 6.07 Å². The predicted molar refractivity (Wildman–Crippen MR) is 66.5 cm³/mol. The molecule has 94 valence electrons. The van der Waals surface area contributed by atoms with Crippen LogP contribution in [0.2, 0.25) is 0 Å². The van der Waals surface area contributed by atoms with E-state index in [2.05, 4.69) is 15.9 Å². The smallest absolute Gasteiger partial charge is 0.280 e. The van der Waals surface area contributed by atoms with Gasteiger partial charge < -0.3 is 17.0 Å². The number of benzene rings is 1. The van der Waals surface area contributed by atoms with Crippen LogP contribution in [0.1, 0.15) is 5.56 Å². The molecule has 18 heavy (non-hydrogen) atoms. The van der Waals surface area contributed by atoms with Crippen molar-refractivity contribution in [1.29, 1.82) is 0 Å². The van der Waals surface area contributed by atoms with E-state index in [9.17, 15) is 10.1 Å². The zero-order valence-corrected chi connectivity index (χ0v) is 12.5. The van der Waals surface area contributed by atoms with E-state index >= 15 is 0 Å². The molecule has 1 aromatic carbocycles. The van der Waals surface area contributed by atoms with Crippen molar-refractivity contribution in [2.24, 2.45) is 0 Å². The number of hydrogen-bond acceptors (Lipinski definition) is 2. The zero-order chi connectivity index (χ0) is 12.3. The summed E-state index contributed by atoms with van der Waals surface area (Å²) < 4.78 is 2.65.